The maximum Gasteiger partial charge on any atom is 0.416 e. The Bertz CT molecular complexity index is 1230. The topological polar surface area (TPSA) is 43.9 Å². The molecule has 192 valence electrons. The predicted molar refractivity (Wildman–Crippen MR) is 134 cm³/mol. The van der Waals surface area contributed by atoms with Crippen LogP contribution in [-0.2, 0) is 12.6 Å². The number of likely N-dealkylation sites (tertiary alicyclic amines) is 1. The van der Waals surface area contributed by atoms with Crippen LogP contribution in [0.2, 0.25) is 0 Å². The van der Waals surface area contributed by atoms with Crippen LogP contribution < -0.4 is 0 Å². The Hall–Kier alpha value is -3.65. The third-order valence-corrected chi connectivity index (χ3v) is 7.18. The van der Waals surface area contributed by atoms with Crippen molar-refractivity contribution in [1.29, 1.82) is 0 Å². The molecular formula is C29H28F3N3O2. The van der Waals surface area contributed by atoms with E-state index in [0.717, 1.165) is 36.3 Å². The first kappa shape index (κ1) is 25.0. The normalized spacial score (nSPS) is 16.9. The molecule has 0 bridgehead atoms. The quantitative estimate of drug-likeness (QED) is 0.508. The summed E-state index contributed by atoms with van der Waals surface area (Å²) in [5.41, 5.74) is 2.37. The number of amides is 2. The average molecular weight is 508 g/mol. The van der Waals surface area contributed by atoms with Crippen molar-refractivity contribution in [2.75, 3.05) is 39.3 Å². The van der Waals surface area contributed by atoms with Crippen molar-refractivity contribution in [3.63, 3.8) is 0 Å². The van der Waals surface area contributed by atoms with Crippen molar-refractivity contribution in [3.05, 3.63) is 107 Å². The first-order valence-corrected chi connectivity index (χ1v) is 12.4. The van der Waals surface area contributed by atoms with Crippen molar-refractivity contribution >= 4 is 11.8 Å². The number of carbonyl (C=O) groups is 2. The van der Waals surface area contributed by atoms with Crippen molar-refractivity contribution in [2.45, 2.75) is 18.6 Å². The summed E-state index contributed by atoms with van der Waals surface area (Å²) < 4.78 is 38.2. The predicted octanol–water partition coefficient (Wildman–Crippen LogP) is 4.58. The Balaban J connectivity index is 1.09. The highest BCUT2D eigenvalue weighted by atomic mass is 19.4. The molecule has 0 atom stereocenters. The van der Waals surface area contributed by atoms with E-state index in [4.69, 9.17) is 0 Å². The van der Waals surface area contributed by atoms with Gasteiger partial charge in [0.15, 0.2) is 0 Å². The van der Waals surface area contributed by atoms with E-state index < -0.39 is 11.7 Å². The Morgan fingerprint density at radius 2 is 1.19 bits per heavy atom. The number of carbonyl (C=O) groups excluding carboxylic acids is 2. The Morgan fingerprint density at radius 1 is 0.676 bits per heavy atom. The summed E-state index contributed by atoms with van der Waals surface area (Å²) in [7, 11) is 0. The molecule has 0 spiro atoms. The van der Waals surface area contributed by atoms with Crippen LogP contribution in [0.3, 0.4) is 0 Å². The van der Waals surface area contributed by atoms with Gasteiger partial charge in [0.1, 0.15) is 0 Å². The second kappa shape index (κ2) is 10.4. The van der Waals surface area contributed by atoms with Crippen LogP contribution in [0, 0.1) is 0 Å². The maximum atomic E-state index is 12.9. The van der Waals surface area contributed by atoms with Crippen LogP contribution in [0.25, 0.3) is 0 Å². The second-order valence-corrected chi connectivity index (χ2v) is 9.63. The van der Waals surface area contributed by atoms with Crippen LogP contribution in [0.15, 0.2) is 78.9 Å². The number of hydrogen-bond acceptors (Lipinski definition) is 3. The van der Waals surface area contributed by atoms with E-state index in [2.05, 4.69) is 4.90 Å². The number of rotatable bonds is 5. The van der Waals surface area contributed by atoms with Gasteiger partial charge in [-0.3, -0.25) is 14.5 Å². The first-order chi connectivity index (χ1) is 17.8. The third kappa shape index (κ3) is 5.69. The molecule has 2 heterocycles. The summed E-state index contributed by atoms with van der Waals surface area (Å²) in [5, 5.41) is 0. The Labute approximate surface area is 214 Å². The number of piperazine rings is 1. The number of nitrogens with zero attached hydrogens (tertiary/aromatic N) is 3. The van der Waals surface area contributed by atoms with Gasteiger partial charge in [-0.1, -0.05) is 42.5 Å². The van der Waals surface area contributed by atoms with Gasteiger partial charge >= 0.3 is 6.18 Å². The number of alkyl halides is 3. The van der Waals surface area contributed by atoms with Crippen molar-refractivity contribution in [2.24, 2.45) is 0 Å². The summed E-state index contributed by atoms with van der Waals surface area (Å²) in [6.07, 6.45) is -3.84. The van der Waals surface area contributed by atoms with Gasteiger partial charge in [-0.15, -0.1) is 0 Å². The van der Waals surface area contributed by atoms with Crippen LogP contribution in [-0.4, -0.2) is 71.8 Å². The lowest BCUT2D eigenvalue weighted by Gasteiger charge is -2.48. The van der Waals surface area contributed by atoms with Gasteiger partial charge < -0.3 is 9.80 Å². The van der Waals surface area contributed by atoms with E-state index in [1.54, 1.807) is 12.1 Å². The lowest BCUT2D eigenvalue weighted by Crippen LogP contribution is -2.64. The molecule has 2 aliphatic heterocycles. The lowest BCUT2D eigenvalue weighted by molar-refractivity contribution is -0.137. The van der Waals surface area contributed by atoms with E-state index in [0.29, 0.717) is 49.8 Å². The third-order valence-electron chi connectivity index (χ3n) is 7.18. The van der Waals surface area contributed by atoms with E-state index in [1.807, 2.05) is 52.3 Å². The molecule has 0 saturated carbocycles. The molecular weight excluding hydrogens is 479 g/mol. The van der Waals surface area contributed by atoms with Gasteiger partial charge in [-0.05, 0) is 53.9 Å². The van der Waals surface area contributed by atoms with Gasteiger partial charge in [-0.2, -0.15) is 13.2 Å². The molecule has 3 aromatic rings. The first-order valence-electron chi connectivity index (χ1n) is 12.4. The maximum absolute atomic E-state index is 12.9. The van der Waals surface area contributed by atoms with E-state index in [9.17, 15) is 22.8 Å². The standard InChI is InChI=1S/C29H28F3N3O2/c30-29(31,32)25-12-8-22(9-13-25)18-21-6-10-24(11-7-21)28(37)35-19-26(20-35)33-14-16-34(17-15-33)27(36)23-4-2-1-3-5-23/h1-13,26H,14-20H2. The zero-order valence-electron chi connectivity index (χ0n) is 20.3. The fraction of sp³-hybridized carbons (Fsp3) is 0.310. The molecule has 0 aromatic heterocycles. The van der Waals surface area contributed by atoms with Crippen molar-refractivity contribution < 1.29 is 22.8 Å². The molecule has 0 N–H and O–H groups in total. The summed E-state index contributed by atoms with van der Waals surface area (Å²) in [6.45, 7) is 4.28. The molecule has 2 saturated heterocycles. The van der Waals surface area contributed by atoms with E-state index in [-0.39, 0.29) is 11.8 Å². The van der Waals surface area contributed by atoms with Crippen LogP contribution in [0.1, 0.15) is 37.4 Å². The Morgan fingerprint density at radius 3 is 1.76 bits per heavy atom. The molecule has 0 radical (unpaired) electrons. The van der Waals surface area contributed by atoms with Gasteiger partial charge in [0, 0.05) is 56.4 Å². The highest BCUT2D eigenvalue weighted by Crippen LogP contribution is 2.29. The number of benzene rings is 3. The molecule has 0 aliphatic carbocycles. The average Bonchev–Trinajstić information content (AvgIpc) is 2.88. The molecule has 5 rings (SSSR count). The molecule has 8 heteroatoms. The summed E-state index contributed by atoms with van der Waals surface area (Å²) >= 11 is 0. The minimum absolute atomic E-state index is 0.0183. The molecule has 0 unspecified atom stereocenters. The molecule has 2 amide bonds. The van der Waals surface area contributed by atoms with Crippen LogP contribution >= 0.6 is 0 Å². The molecule has 5 nitrogen and oxygen atoms in total. The van der Waals surface area contributed by atoms with E-state index >= 15 is 0 Å². The van der Waals surface area contributed by atoms with Gasteiger partial charge in [0.05, 0.1) is 5.56 Å². The summed E-state index contributed by atoms with van der Waals surface area (Å²) in [6, 6.07) is 22.0. The number of hydrogen-bond donors (Lipinski definition) is 0. The minimum Gasteiger partial charge on any atom is -0.336 e. The fourth-order valence-corrected chi connectivity index (χ4v) is 4.90. The highest BCUT2D eigenvalue weighted by molar-refractivity contribution is 5.95. The number of halogens is 3. The largest absolute Gasteiger partial charge is 0.416 e. The summed E-state index contributed by atoms with van der Waals surface area (Å²) in [4.78, 5) is 31.6. The molecule has 3 aromatic carbocycles. The zero-order valence-corrected chi connectivity index (χ0v) is 20.3. The van der Waals surface area contributed by atoms with Crippen LogP contribution in [0.4, 0.5) is 13.2 Å². The minimum atomic E-state index is -4.34. The molecule has 2 aliphatic rings. The second-order valence-electron chi connectivity index (χ2n) is 9.63. The monoisotopic (exact) mass is 507 g/mol. The smallest absolute Gasteiger partial charge is 0.336 e. The SMILES string of the molecule is O=C(c1ccccc1)N1CCN(C2CN(C(=O)c3ccc(Cc4ccc(C(F)(F)F)cc4)cc3)C2)CC1. The van der Waals surface area contributed by atoms with Crippen molar-refractivity contribution in [3.8, 4) is 0 Å². The van der Waals surface area contributed by atoms with Gasteiger partial charge in [0.2, 0.25) is 0 Å². The van der Waals surface area contributed by atoms with Gasteiger partial charge in [0.25, 0.3) is 11.8 Å². The lowest BCUT2D eigenvalue weighted by atomic mass is 10.0. The molecule has 2 fully saturated rings. The van der Waals surface area contributed by atoms with Crippen molar-refractivity contribution in [1.82, 2.24) is 14.7 Å². The van der Waals surface area contributed by atoms with Gasteiger partial charge in [-0.25, -0.2) is 0 Å². The van der Waals surface area contributed by atoms with Crippen LogP contribution in [0.5, 0.6) is 0 Å². The Kier molecular flexibility index (Phi) is 7.02. The summed E-state index contributed by atoms with van der Waals surface area (Å²) in [5.74, 6) is 0.0441. The highest BCUT2D eigenvalue weighted by Gasteiger charge is 2.37. The molecule has 37 heavy (non-hydrogen) atoms. The van der Waals surface area contributed by atoms with E-state index in [1.165, 1.54) is 12.1 Å². The zero-order chi connectivity index (χ0) is 26.0. The fourth-order valence-electron chi connectivity index (χ4n) is 4.90.